The number of hydrogen-bond acceptors (Lipinski definition) is 2. The molecule has 2 aliphatic rings. The van der Waals surface area contributed by atoms with Crippen LogP contribution >= 0.6 is 0 Å². The van der Waals surface area contributed by atoms with E-state index in [1.165, 1.54) is 0 Å². The summed E-state index contributed by atoms with van der Waals surface area (Å²) in [4.78, 5) is 0. The van der Waals surface area contributed by atoms with Crippen LogP contribution in [0.15, 0.2) is 0 Å². The van der Waals surface area contributed by atoms with Gasteiger partial charge in [0.05, 0.1) is 18.3 Å². The van der Waals surface area contributed by atoms with Gasteiger partial charge < -0.3 is 9.84 Å². The van der Waals surface area contributed by atoms with E-state index < -0.39 is 37.0 Å². The first kappa shape index (κ1) is 4.97. The van der Waals surface area contributed by atoms with Gasteiger partial charge in [0.25, 0.3) is 0 Å². The quantitative estimate of drug-likeness (QED) is 0.654. The predicted octanol–water partition coefficient (Wildman–Crippen LogP) is 1.57. The average Bonchev–Trinajstić information content (AvgIpc) is 2.36. The molecule has 0 unspecified atom stereocenters. The average molecular weight is 174 g/mol. The van der Waals surface area contributed by atoms with Crippen molar-refractivity contribution in [1.82, 2.24) is 0 Å². The standard InChI is InChI=1S/C10H18O2/c1-6(2)8-5-7-3-4-9(12-7)10(8)11/h6-11H,3-5H2,1-2H3/t7-,8+,9+,10+/m1/s1/i4D2,5D2. The second kappa shape index (κ2) is 3.00. The van der Waals surface area contributed by atoms with E-state index in [9.17, 15) is 5.11 Å². The van der Waals surface area contributed by atoms with Crippen LogP contribution < -0.4 is 0 Å². The fourth-order valence-corrected chi connectivity index (χ4v) is 1.88. The minimum atomic E-state index is -1.66. The highest BCUT2D eigenvalue weighted by Crippen LogP contribution is 2.39. The number of rotatable bonds is 1. The number of aliphatic hydroxyl groups excluding tert-OH is 1. The highest BCUT2D eigenvalue weighted by atomic mass is 16.5. The molecule has 2 fully saturated rings. The lowest BCUT2D eigenvalue weighted by atomic mass is 9.83. The van der Waals surface area contributed by atoms with Gasteiger partial charge in [-0.2, -0.15) is 0 Å². The molecule has 2 heterocycles. The molecule has 2 bridgehead atoms. The Morgan fingerprint density at radius 1 is 1.58 bits per heavy atom. The van der Waals surface area contributed by atoms with Crippen molar-refractivity contribution in [1.29, 1.82) is 0 Å². The molecule has 0 amide bonds. The highest BCUT2D eigenvalue weighted by molar-refractivity contribution is 4.91. The molecule has 0 aliphatic carbocycles. The second-order valence-corrected chi connectivity index (χ2v) is 3.88. The number of aliphatic hydroxyl groups is 1. The van der Waals surface area contributed by atoms with E-state index in [1.807, 2.05) is 13.8 Å². The number of fused-ring (bicyclic) bond motifs is 2. The van der Waals surface area contributed by atoms with E-state index in [1.54, 1.807) is 0 Å². The van der Waals surface area contributed by atoms with Crippen LogP contribution in [0.1, 0.15) is 38.5 Å². The van der Waals surface area contributed by atoms with E-state index >= 15 is 0 Å². The fourth-order valence-electron chi connectivity index (χ4n) is 1.88. The van der Waals surface area contributed by atoms with E-state index in [-0.39, 0.29) is 12.3 Å². The largest absolute Gasteiger partial charge is 0.390 e. The Morgan fingerprint density at radius 2 is 2.33 bits per heavy atom. The van der Waals surface area contributed by atoms with Crippen molar-refractivity contribution in [2.75, 3.05) is 0 Å². The smallest absolute Gasteiger partial charge is 0.0841 e. The summed E-state index contributed by atoms with van der Waals surface area (Å²) in [5.41, 5.74) is 0. The van der Waals surface area contributed by atoms with Crippen molar-refractivity contribution in [3.05, 3.63) is 0 Å². The van der Waals surface area contributed by atoms with Gasteiger partial charge >= 0.3 is 0 Å². The van der Waals surface area contributed by atoms with E-state index in [0.717, 1.165) is 0 Å². The molecule has 0 aromatic heterocycles. The molecule has 0 aromatic rings. The Balaban J connectivity index is 2.38. The van der Waals surface area contributed by atoms with Gasteiger partial charge in [0.2, 0.25) is 0 Å². The van der Waals surface area contributed by atoms with Gasteiger partial charge in [-0.05, 0) is 31.0 Å². The summed E-state index contributed by atoms with van der Waals surface area (Å²) >= 11 is 0. The third kappa shape index (κ3) is 1.27. The Bertz CT molecular complexity index is 293. The molecule has 1 N–H and O–H groups in total. The van der Waals surface area contributed by atoms with E-state index in [2.05, 4.69) is 0 Å². The summed E-state index contributed by atoms with van der Waals surface area (Å²) in [6.07, 6.45) is -5.93. The number of hydrogen-bond donors (Lipinski definition) is 1. The minimum Gasteiger partial charge on any atom is -0.390 e. The van der Waals surface area contributed by atoms with Crippen molar-refractivity contribution >= 4 is 0 Å². The zero-order chi connectivity index (χ0) is 12.3. The normalized spacial score (nSPS) is 60.3. The molecule has 4 atom stereocenters. The lowest BCUT2D eigenvalue weighted by molar-refractivity contribution is -0.117. The number of ether oxygens (including phenoxy) is 1. The first-order chi connectivity index (χ1) is 7.18. The van der Waals surface area contributed by atoms with Crippen molar-refractivity contribution in [2.45, 2.75) is 51.3 Å². The zero-order valence-electron chi connectivity index (χ0n) is 11.4. The summed E-state index contributed by atoms with van der Waals surface area (Å²) in [6.45, 7) is 3.71. The monoisotopic (exact) mass is 174 g/mol. The lowest BCUT2D eigenvalue weighted by Crippen LogP contribution is -2.41. The molecular weight excluding hydrogens is 152 g/mol. The van der Waals surface area contributed by atoms with Crippen LogP contribution in [-0.4, -0.2) is 23.4 Å². The highest BCUT2D eigenvalue weighted by Gasteiger charge is 2.42. The third-order valence-corrected chi connectivity index (χ3v) is 2.59. The topological polar surface area (TPSA) is 29.5 Å². The van der Waals surface area contributed by atoms with Crippen LogP contribution in [0, 0.1) is 11.8 Å². The Kier molecular flexibility index (Phi) is 1.24. The molecule has 2 nitrogen and oxygen atoms in total. The molecule has 0 aromatic carbocycles. The molecule has 2 saturated heterocycles. The van der Waals surface area contributed by atoms with Crippen LogP contribution in [0.5, 0.6) is 0 Å². The van der Waals surface area contributed by atoms with Gasteiger partial charge in [-0.25, -0.2) is 0 Å². The van der Waals surface area contributed by atoms with Crippen LogP contribution in [0.2, 0.25) is 0 Å². The summed E-state index contributed by atoms with van der Waals surface area (Å²) in [5.74, 6) is -0.596. The fraction of sp³-hybridized carbons (Fsp3) is 1.00. The van der Waals surface area contributed by atoms with Gasteiger partial charge in [0.1, 0.15) is 0 Å². The Morgan fingerprint density at radius 3 is 3.00 bits per heavy atom. The molecule has 0 spiro atoms. The van der Waals surface area contributed by atoms with Crippen LogP contribution in [0.4, 0.5) is 0 Å². The first-order valence-corrected chi connectivity index (χ1v) is 4.51. The summed E-state index contributed by atoms with van der Waals surface area (Å²) < 4.78 is 36.9. The molecule has 2 heteroatoms. The summed E-state index contributed by atoms with van der Waals surface area (Å²) in [5, 5.41) is 10.1. The molecule has 0 saturated carbocycles. The minimum absolute atomic E-state index is 0.0327. The van der Waals surface area contributed by atoms with Crippen molar-refractivity contribution in [3.63, 3.8) is 0 Å². The molecule has 70 valence electrons. The van der Waals surface area contributed by atoms with E-state index in [0.29, 0.717) is 0 Å². The van der Waals surface area contributed by atoms with Gasteiger partial charge in [0, 0.05) is 5.48 Å². The van der Waals surface area contributed by atoms with Gasteiger partial charge in [-0.15, -0.1) is 0 Å². The summed E-state index contributed by atoms with van der Waals surface area (Å²) in [7, 11) is 0. The maximum Gasteiger partial charge on any atom is 0.0841 e. The Hall–Kier alpha value is -0.0800. The van der Waals surface area contributed by atoms with E-state index in [4.69, 9.17) is 10.2 Å². The SMILES string of the molecule is [2H]C1([2H])C[C@H]2O[C@@H]1[C@@H](O)[C@H](C(C)C)C2([2H])[2H]. The summed E-state index contributed by atoms with van der Waals surface area (Å²) in [6, 6.07) is 0. The zero-order valence-corrected chi connectivity index (χ0v) is 7.45. The molecule has 0 radical (unpaired) electrons. The van der Waals surface area contributed by atoms with Crippen molar-refractivity contribution in [3.8, 4) is 0 Å². The van der Waals surface area contributed by atoms with Gasteiger partial charge in [-0.3, -0.25) is 0 Å². The second-order valence-electron chi connectivity index (χ2n) is 3.88. The maximum atomic E-state index is 10.1. The Labute approximate surface area is 79.5 Å². The van der Waals surface area contributed by atoms with Crippen molar-refractivity contribution < 1.29 is 15.3 Å². The van der Waals surface area contributed by atoms with Crippen LogP contribution in [0.3, 0.4) is 0 Å². The predicted molar refractivity (Wildman–Crippen MR) is 46.8 cm³/mol. The van der Waals surface area contributed by atoms with Gasteiger partial charge in [-0.1, -0.05) is 13.8 Å². The van der Waals surface area contributed by atoms with Crippen LogP contribution in [0.25, 0.3) is 0 Å². The van der Waals surface area contributed by atoms with Crippen LogP contribution in [-0.2, 0) is 4.74 Å². The van der Waals surface area contributed by atoms with Gasteiger partial charge in [0.15, 0.2) is 0 Å². The third-order valence-electron chi connectivity index (χ3n) is 2.59. The van der Waals surface area contributed by atoms with Crippen molar-refractivity contribution in [2.24, 2.45) is 11.8 Å². The molecule has 12 heavy (non-hydrogen) atoms. The molecule has 2 rings (SSSR count). The molecular formula is C10H18O2. The first-order valence-electron chi connectivity index (χ1n) is 6.51. The lowest BCUT2D eigenvalue weighted by Gasteiger charge is -2.35. The maximum absolute atomic E-state index is 10.1. The molecule has 2 aliphatic heterocycles.